The first kappa shape index (κ1) is 24.5. The predicted molar refractivity (Wildman–Crippen MR) is 124 cm³/mol. The van der Waals surface area contributed by atoms with Crippen LogP contribution in [0, 0.1) is 0 Å². The van der Waals surface area contributed by atoms with Gasteiger partial charge in [-0.25, -0.2) is 13.2 Å². The molecule has 1 aromatic carbocycles. The lowest BCUT2D eigenvalue weighted by molar-refractivity contribution is 0.0773. The molecule has 0 spiro atoms. The maximum atomic E-state index is 13.0. The molecule has 0 bridgehead atoms. The van der Waals surface area contributed by atoms with E-state index in [2.05, 4.69) is 10.6 Å². The highest BCUT2D eigenvalue weighted by molar-refractivity contribution is 7.89. The molecule has 8 nitrogen and oxygen atoms in total. The molecule has 3 rings (SSSR count). The van der Waals surface area contributed by atoms with E-state index in [1.165, 1.54) is 22.9 Å². The van der Waals surface area contributed by atoms with Crippen LogP contribution in [0.4, 0.5) is 4.79 Å². The first-order chi connectivity index (χ1) is 15.3. The van der Waals surface area contributed by atoms with Crippen LogP contribution in [0.15, 0.2) is 29.2 Å². The quantitative estimate of drug-likeness (QED) is 0.648. The Morgan fingerprint density at radius 3 is 1.97 bits per heavy atom. The Morgan fingerprint density at radius 2 is 1.44 bits per heavy atom. The van der Waals surface area contributed by atoms with Gasteiger partial charge in [-0.05, 0) is 63.8 Å². The summed E-state index contributed by atoms with van der Waals surface area (Å²) >= 11 is 0. The average molecular weight is 465 g/mol. The van der Waals surface area contributed by atoms with Gasteiger partial charge < -0.3 is 15.5 Å². The maximum Gasteiger partial charge on any atom is 0.315 e. The average Bonchev–Trinajstić information content (AvgIpc) is 2.81. The number of carbonyl (C=O) groups is 2. The van der Waals surface area contributed by atoms with E-state index in [0.717, 1.165) is 25.7 Å². The van der Waals surface area contributed by atoms with E-state index < -0.39 is 10.0 Å². The van der Waals surface area contributed by atoms with Crippen molar-refractivity contribution in [3.63, 3.8) is 0 Å². The standard InChI is InChI=1S/C23H36N4O4S/c1-3-26(4-2)22(28)18-10-12-21(13-11-18)32(30,31)27-16-14-20(15-17-27)25-23(29)24-19-8-6-5-7-9-19/h10-13,19-20H,3-9,14-17H2,1-2H3,(H2,24,25,29). The molecule has 2 aliphatic rings. The minimum atomic E-state index is -3.63. The van der Waals surface area contributed by atoms with E-state index >= 15 is 0 Å². The van der Waals surface area contributed by atoms with Crippen molar-refractivity contribution in [2.75, 3.05) is 26.2 Å². The second-order valence-electron chi connectivity index (χ2n) is 8.63. The van der Waals surface area contributed by atoms with Gasteiger partial charge in [0.1, 0.15) is 0 Å². The highest BCUT2D eigenvalue weighted by atomic mass is 32.2. The molecule has 2 fully saturated rings. The number of hydrogen-bond donors (Lipinski definition) is 2. The summed E-state index contributed by atoms with van der Waals surface area (Å²) in [6, 6.07) is 6.25. The van der Waals surface area contributed by atoms with Crippen molar-refractivity contribution in [2.45, 2.75) is 75.8 Å². The fourth-order valence-corrected chi connectivity index (χ4v) is 5.98. The second-order valence-corrected chi connectivity index (χ2v) is 10.6. The van der Waals surface area contributed by atoms with Gasteiger partial charge in [-0.1, -0.05) is 19.3 Å². The summed E-state index contributed by atoms with van der Waals surface area (Å²) in [7, 11) is -3.63. The molecule has 1 aliphatic carbocycles. The van der Waals surface area contributed by atoms with Crippen LogP contribution < -0.4 is 10.6 Å². The maximum absolute atomic E-state index is 13.0. The Hall–Kier alpha value is -2.13. The van der Waals surface area contributed by atoms with Crippen molar-refractivity contribution >= 4 is 22.0 Å². The summed E-state index contributed by atoms with van der Waals surface area (Å²) in [4.78, 5) is 26.6. The summed E-state index contributed by atoms with van der Waals surface area (Å²) < 4.78 is 27.5. The fourth-order valence-electron chi connectivity index (χ4n) is 4.51. The van der Waals surface area contributed by atoms with E-state index in [-0.39, 0.29) is 28.9 Å². The minimum absolute atomic E-state index is 0.0286. The molecule has 0 atom stereocenters. The Labute approximate surface area is 191 Å². The predicted octanol–water partition coefficient (Wildman–Crippen LogP) is 2.95. The Bertz CT molecular complexity index is 870. The number of piperidine rings is 1. The number of amides is 3. The van der Waals surface area contributed by atoms with Crippen molar-refractivity contribution in [3.8, 4) is 0 Å². The molecular weight excluding hydrogens is 428 g/mol. The zero-order valence-corrected chi connectivity index (χ0v) is 20.0. The molecule has 0 aromatic heterocycles. The number of carbonyl (C=O) groups excluding carboxylic acids is 2. The van der Waals surface area contributed by atoms with Crippen LogP contribution in [0.5, 0.6) is 0 Å². The third-order valence-corrected chi connectivity index (χ3v) is 8.43. The first-order valence-electron chi connectivity index (χ1n) is 11.8. The van der Waals surface area contributed by atoms with Crippen LogP contribution in [0.3, 0.4) is 0 Å². The summed E-state index contributed by atoms with van der Waals surface area (Å²) in [5.41, 5.74) is 0.486. The molecule has 1 saturated carbocycles. The number of sulfonamides is 1. The molecule has 3 amide bonds. The lowest BCUT2D eigenvalue weighted by atomic mass is 9.96. The zero-order valence-electron chi connectivity index (χ0n) is 19.2. The van der Waals surface area contributed by atoms with Crippen LogP contribution in [-0.2, 0) is 10.0 Å². The van der Waals surface area contributed by atoms with Gasteiger partial charge in [0.2, 0.25) is 10.0 Å². The molecule has 32 heavy (non-hydrogen) atoms. The number of rotatable bonds is 7. The second kappa shape index (κ2) is 11.1. The van der Waals surface area contributed by atoms with Crippen LogP contribution in [0.2, 0.25) is 0 Å². The molecule has 178 valence electrons. The van der Waals surface area contributed by atoms with E-state index in [0.29, 0.717) is 44.6 Å². The SMILES string of the molecule is CCN(CC)C(=O)c1ccc(S(=O)(=O)N2CCC(NC(=O)NC3CCCCC3)CC2)cc1. The number of nitrogens with one attached hydrogen (secondary N) is 2. The van der Waals surface area contributed by atoms with E-state index in [4.69, 9.17) is 0 Å². The Kier molecular flexibility index (Phi) is 8.53. The monoisotopic (exact) mass is 464 g/mol. The van der Waals surface area contributed by atoms with Crippen molar-refractivity contribution in [1.29, 1.82) is 0 Å². The zero-order chi connectivity index (χ0) is 23.1. The number of benzene rings is 1. The van der Waals surface area contributed by atoms with Crippen molar-refractivity contribution < 1.29 is 18.0 Å². The molecule has 0 unspecified atom stereocenters. The molecular formula is C23H36N4O4S. The molecule has 1 saturated heterocycles. The smallest absolute Gasteiger partial charge is 0.315 e. The molecule has 0 radical (unpaired) electrons. The summed E-state index contributed by atoms with van der Waals surface area (Å²) in [5, 5.41) is 6.06. The summed E-state index contributed by atoms with van der Waals surface area (Å²) in [6.45, 7) is 5.76. The highest BCUT2D eigenvalue weighted by Crippen LogP contribution is 2.22. The molecule has 1 aliphatic heterocycles. The Balaban J connectivity index is 1.52. The van der Waals surface area contributed by atoms with E-state index in [9.17, 15) is 18.0 Å². The van der Waals surface area contributed by atoms with Crippen molar-refractivity contribution in [3.05, 3.63) is 29.8 Å². The van der Waals surface area contributed by atoms with Gasteiger partial charge in [-0.15, -0.1) is 0 Å². The van der Waals surface area contributed by atoms with Gasteiger partial charge in [0.05, 0.1) is 4.90 Å². The van der Waals surface area contributed by atoms with Gasteiger partial charge in [-0.2, -0.15) is 4.31 Å². The fraction of sp³-hybridized carbons (Fsp3) is 0.652. The number of urea groups is 1. The summed E-state index contributed by atoms with van der Waals surface area (Å²) in [5.74, 6) is -0.0997. The van der Waals surface area contributed by atoms with Gasteiger partial charge in [0, 0.05) is 43.8 Å². The number of hydrogen-bond acceptors (Lipinski definition) is 4. The largest absolute Gasteiger partial charge is 0.339 e. The van der Waals surface area contributed by atoms with Gasteiger partial charge in [-0.3, -0.25) is 4.79 Å². The van der Waals surface area contributed by atoms with Crippen LogP contribution in [-0.4, -0.2) is 67.8 Å². The molecule has 1 aromatic rings. The van der Waals surface area contributed by atoms with E-state index in [1.807, 2.05) is 13.8 Å². The van der Waals surface area contributed by atoms with Crippen molar-refractivity contribution in [1.82, 2.24) is 19.8 Å². The van der Waals surface area contributed by atoms with Gasteiger partial charge in [0.15, 0.2) is 0 Å². The summed E-state index contributed by atoms with van der Waals surface area (Å²) in [6.07, 6.45) is 6.78. The van der Waals surface area contributed by atoms with Crippen LogP contribution in [0.1, 0.15) is 69.2 Å². The third kappa shape index (κ3) is 6.01. The topological polar surface area (TPSA) is 98.8 Å². The normalized spacial score (nSPS) is 18.8. The first-order valence-corrected chi connectivity index (χ1v) is 13.3. The number of nitrogens with zero attached hydrogens (tertiary/aromatic N) is 2. The lowest BCUT2D eigenvalue weighted by Gasteiger charge is -2.32. The lowest BCUT2D eigenvalue weighted by Crippen LogP contribution is -2.51. The highest BCUT2D eigenvalue weighted by Gasteiger charge is 2.30. The molecule has 1 heterocycles. The van der Waals surface area contributed by atoms with Crippen LogP contribution >= 0.6 is 0 Å². The van der Waals surface area contributed by atoms with E-state index in [1.54, 1.807) is 17.0 Å². The van der Waals surface area contributed by atoms with Crippen LogP contribution in [0.25, 0.3) is 0 Å². The third-order valence-electron chi connectivity index (χ3n) is 6.52. The van der Waals surface area contributed by atoms with Gasteiger partial charge >= 0.3 is 6.03 Å². The Morgan fingerprint density at radius 1 is 0.906 bits per heavy atom. The molecule has 9 heteroatoms. The minimum Gasteiger partial charge on any atom is -0.339 e. The van der Waals surface area contributed by atoms with Gasteiger partial charge in [0.25, 0.3) is 5.91 Å². The van der Waals surface area contributed by atoms with Crippen molar-refractivity contribution in [2.24, 2.45) is 0 Å². The molecule has 2 N–H and O–H groups in total.